The smallest absolute Gasteiger partial charge is 0.340 e. The number of fused-ring (bicyclic) bond motifs is 14. The van der Waals surface area contributed by atoms with Crippen molar-refractivity contribution < 1.29 is 48.3 Å². The lowest BCUT2D eigenvalue weighted by Gasteiger charge is -2.50. The average Bonchev–Trinajstić information content (AvgIpc) is 1.23. The monoisotopic (exact) mass is 1160 g/mol. The van der Waals surface area contributed by atoms with Gasteiger partial charge in [0, 0.05) is 65.7 Å². The molecule has 0 radical (unpaired) electrons. The van der Waals surface area contributed by atoms with Gasteiger partial charge >= 0.3 is 17.6 Å². The molecule has 5 aromatic carbocycles. The highest BCUT2D eigenvalue weighted by Crippen LogP contribution is 2.61. The maximum absolute atomic E-state index is 15.9. The zero-order chi connectivity index (χ0) is 59.0. The first kappa shape index (κ1) is 56.9. The summed E-state index contributed by atoms with van der Waals surface area (Å²) in [6.45, 7) is 2.71. The molecule has 5 aliphatic carbocycles. The molecule has 13 unspecified atom stereocenters. The zero-order valence-electron chi connectivity index (χ0n) is 49.8. The summed E-state index contributed by atoms with van der Waals surface area (Å²) in [4.78, 5) is 46.2. The number of allylic oxidation sites excluding steroid dienone is 3. The summed E-state index contributed by atoms with van der Waals surface area (Å²) in [6, 6.07) is 37.5. The van der Waals surface area contributed by atoms with Crippen LogP contribution in [0.5, 0.6) is 5.75 Å². The standard InChI is InChI=1S/C75H80O11/c1-43(40-77)55-26-21-44-18-19-50-35-48(44)24-29-59-58-28-22-45-11-4-6-16-57(45)61(58)39-64(59)74(2)71(85-72(55)80)70(68-65(86-74)31-30-60-62(41-78)67(73(81)84-69(60)68)51(32-34-76)42-82-3)83-66(79)38-52-36-49(23-27-56(50)52)47-13-10-15-54(37-47)75-33-9-8-14-53(75)25-20-46-12-5-7-17-63(46)75/h4-7,10-13,15-19,22-23,27-28,30-31,35,37,49,51-53,56,58-59,61,64,70-71,76-78H,8-9,14,20-21,24-26,29,32-34,36,38-42H2,1-3H3. The molecule has 2 fully saturated rings. The lowest BCUT2D eigenvalue weighted by atomic mass is 9.54. The third-order valence-electron chi connectivity index (χ3n) is 22.4. The fraction of sp³-hybridized carbons (Fsp3) is 0.453. The van der Waals surface area contributed by atoms with Gasteiger partial charge in [0.05, 0.1) is 25.4 Å². The Morgan fingerprint density at radius 2 is 1.64 bits per heavy atom. The van der Waals surface area contributed by atoms with Crippen LogP contribution in [-0.4, -0.2) is 65.9 Å². The van der Waals surface area contributed by atoms with Gasteiger partial charge in [-0.2, -0.15) is 0 Å². The number of carbonyl (C=O) groups excluding carboxylic acids is 2. The number of esters is 2. The van der Waals surface area contributed by atoms with Crippen LogP contribution in [0.4, 0.5) is 0 Å². The molecule has 11 nitrogen and oxygen atoms in total. The Morgan fingerprint density at radius 3 is 2.49 bits per heavy atom. The van der Waals surface area contributed by atoms with Gasteiger partial charge in [0.25, 0.3) is 0 Å². The number of aliphatic hydroxyl groups excluding tert-OH is 3. The largest absolute Gasteiger partial charge is 0.483 e. The molecular formula is C75H80O11. The molecule has 1 aromatic heterocycles. The van der Waals surface area contributed by atoms with Gasteiger partial charge in [-0.25, -0.2) is 9.59 Å². The van der Waals surface area contributed by atoms with Crippen molar-refractivity contribution in [3.63, 3.8) is 0 Å². The molecule has 86 heavy (non-hydrogen) atoms. The molecule has 2 saturated carbocycles. The number of hydrogen-bond donors (Lipinski definition) is 3. The first-order chi connectivity index (χ1) is 41.9. The van der Waals surface area contributed by atoms with E-state index in [1.54, 1.807) is 13.0 Å². The van der Waals surface area contributed by atoms with Gasteiger partial charge in [-0.15, -0.1) is 0 Å². The fourth-order valence-electron chi connectivity index (χ4n) is 18.3. The Kier molecular flexibility index (Phi) is 15.2. The molecule has 11 heteroatoms. The van der Waals surface area contributed by atoms with Gasteiger partial charge in [0.1, 0.15) is 11.3 Å². The van der Waals surface area contributed by atoms with E-state index < -0.39 is 47.9 Å². The summed E-state index contributed by atoms with van der Waals surface area (Å²) >= 11 is 0. The number of aryl methyl sites for hydroxylation is 3. The number of aliphatic hydroxyl groups is 3. The van der Waals surface area contributed by atoms with Crippen molar-refractivity contribution in [2.75, 3.05) is 26.9 Å². The van der Waals surface area contributed by atoms with Crippen LogP contribution in [0.25, 0.3) is 17.0 Å². The van der Waals surface area contributed by atoms with E-state index in [0.717, 1.165) is 36.8 Å². The molecule has 8 aliphatic rings. The van der Waals surface area contributed by atoms with Crippen LogP contribution in [0.1, 0.15) is 181 Å². The van der Waals surface area contributed by atoms with Crippen LogP contribution >= 0.6 is 0 Å². The number of carbonyl (C=O) groups is 2. The van der Waals surface area contributed by atoms with E-state index >= 15 is 9.59 Å². The SMILES string of the molecule is COCC(CCO)c1c(CO)c2ccc3c(c2oc1=O)C1OC(=O)CC2CC(c4cccc(C56CCCCC5CCc5ccccc56)c4)C=CC2c2ccc4c(c2)CCC2C5C=Cc6ccccc6C5CC2C(C)(O3)C1OC(=O)C(=C(C)CO)CC4. The Hall–Kier alpha value is -6.89. The van der Waals surface area contributed by atoms with Gasteiger partial charge < -0.3 is 38.7 Å². The maximum Gasteiger partial charge on any atom is 0.340 e. The predicted octanol–water partition coefficient (Wildman–Crippen LogP) is 13.3. The van der Waals surface area contributed by atoms with Crippen LogP contribution in [0.3, 0.4) is 0 Å². The summed E-state index contributed by atoms with van der Waals surface area (Å²) in [7, 11) is 1.52. The van der Waals surface area contributed by atoms with Crippen molar-refractivity contribution in [2.45, 2.75) is 157 Å². The molecule has 3 aliphatic heterocycles. The lowest BCUT2D eigenvalue weighted by molar-refractivity contribution is -0.202. The van der Waals surface area contributed by atoms with Crippen molar-refractivity contribution >= 4 is 29.0 Å². The molecule has 5 bridgehead atoms. The highest BCUT2D eigenvalue weighted by Gasteiger charge is 2.62. The highest BCUT2D eigenvalue weighted by molar-refractivity contribution is 5.90. The minimum absolute atomic E-state index is 0.000773. The van der Waals surface area contributed by atoms with Gasteiger partial charge in [-0.05, 0) is 187 Å². The molecule has 0 saturated heterocycles. The van der Waals surface area contributed by atoms with E-state index in [1.165, 1.54) is 71.7 Å². The molecular weight excluding hydrogens is 1080 g/mol. The molecule has 6 aromatic rings. The van der Waals surface area contributed by atoms with Crippen LogP contribution in [0.15, 0.2) is 142 Å². The summed E-state index contributed by atoms with van der Waals surface area (Å²) in [5.41, 5.74) is 11.0. The van der Waals surface area contributed by atoms with Crippen molar-refractivity contribution in [1.82, 2.24) is 0 Å². The molecule has 0 amide bonds. The third-order valence-corrected chi connectivity index (χ3v) is 22.4. The van der Waals surface area contributed by atoms with Gasteiger partial charge in [-0.1, -0.05) is 128 Å². The third kappa shape index (κ3) is 9.48. The van der Waals surface area contributed by atoms with Gasteiger partial charge in [0.2, 0.25) is 0 Å². The first-order valence-corrected chi connectivity index (χ1v) is 31.9. The Labute approximate surface area is 504 Å². The summed E-state index contributed by atoms with van der Waals surface area (Å²) in [5, 5.41) is 32.7. The lowest BCUT2D eigenvalue weighted by Crippen LogP contribution is -2.59. The number of benzene rings is 5. The Balaban J connectivity index is 0.955. The van der Waals surface area contributed by atoms with Gasteiger partial charge in [-0.3, -0.25) is 4.79 Å². The molecule has 0 spiro atoms. The summed E-state index contributed by atoms with van der Waals surface area (Å²) in [6.07, 6.45) is 17.7. The van der Waals surface area contributed by atoms with E-state index in [0.29, 0.717) is 53.0 Å². The number of ether oxygens (including phenoxy) is 4. The van der Waals surface area contributed by atoms with E-state index in [-0.39, 0.29) is 103 Å². The zero-order valence-corrected chi connectivity index (χ0v) is 49.8. The molecule has 4 heterocycles. The second kappa shape index (κ2) is 23.0. The Morgan fingerprint density at radius 1 is 0.791 bits per heavy atom. The average molecular weight is 1160 g/mol. The van der Waals surface area contributed by atoms with Crippen molar-refractivity contribution in [2.24, 2.45) is 29.6 Å². The second-order valence-corrected chi connectivity index (χ2v) is 26.6. The van der Waals surface area contributed by atoms with Crippen LogP contribution < -0.4 is 10.4 Å². The summed E-state index contributed by atoms with van der Waals surface area (Å²) < 4.78 is 33.9. The van der Waals surface area contributed by atoms with E-state index in [1.807, 2.05) is 13.0 Å². The van der Waals surface area contributed by atoms with E-state index in [4.69, 9.17) is 23.4 Å². The first-order valence-electron chi connectivity index (χ1n) is 31.9. The van der Waals surface area contributed by atoms with E-state index in [2.05, 4.69) is 115 Å². The number of hydrogen-bond acceptors (Lipinski definition) is 11. The normalized spacial score (nSPS) is 30.8. The second-order valence-electron chi connectivity index (χ2n) is 26.6. The topological polar surface area (TPSA) is 162 Å². The minimum Gasteiger partial charge on any atom is -0.483 e. The van der Waals surface area contributed by atoms with Crippen LogP contribution in [-0.2, 0) is 55.1 Å². The Bertz CT molecular complexity index is 3790. The van der Waals surface area contributed by atoms with Crippen molar-refractivity contribution in [3.8, 4) is 5.75 Å². The quantitative estimate of drug-likeness (QED) is 0.0547. The summed E-state index contributed by atoms with van der Waals surface area (Å²) in [5.74, 6) is -1.27. The minimum atomic E-state index is -1.37. The van der Waals surface area contributed by atoms with Crippen LogP contribution in [0.2, 0.25) is 0 Å². The van der Waals surface area contributed by atoms with Crippen molar-refractivity contribution in [1.29, 1.82) is 0 Å². The molecule has 14 rings (SSSR count). The highest BCUT2D eigenvalue weighted by atomic mass is 16.6. The predicted molar refractivity (Wildman–Crippen MR) is 330 cm³/mol. The number of methoxy groups -OCH3 is 1. The maximum atomic E-state index is 15.9. The van der Waals surface area contributed by atoms with Crippen LogP contribution in [0, 0.1) is 29.6 Å². The molecule has 446 valence electrons. The van der Waals surface area contributed by atoms with Crippen molar-refractivity contribution in [3.05, 3.63) is 210 Å². The molecule has 3 N–H and O–H groups in total. The number of rotatable bonds is 9. The molecule has 13 atom stereocenters. The van der Waals surface area contributed by atoms with E-state index in [9.17, 15) is 20.1 Å². The van der Waals surface area contributed by atoms with Gasteiger partial charge in [0.15, 0.2) is 17.8 Å². The fourth-order valence-corrected chi connectivity index (χ4v) is 18.3.